The summed E-state index contributed by atoms with van der Waals surface area (Å²) in [6, 6.07) is 16.2. The van der Waals surface area contributed by atoms with Crippen LogP contribution in [-0.4, -0.2) is 19.6 Å². The number of hydrogen-bond donors (Lipinski definition) is 2. The van der Waals surface area contributed by atoms with Crippen LogP contribution < -0.4 is 10.9 Å². The lowest BCUT2D eigenvalue weighted by molar-refractivity contribution is 0.832. The molecule has 6 heteroatoms. The first-order chi connectivity index (χ1) is 13.5. The van der Waals surface area contributed by atoms with Crippen LogP contribution in [0.1, 0.15) is 33.8 Å². The molecule has 0 aliphatic rings. The molecule has 4 aromatic rings. The van der Waals surface area contributed by atoms with Crippen LogP contribution in [0, 0.1) is 20.8 Å². The summed E-state index contributed by atoms with van der Waals surface area (Å²) in [7, 11) is 0. The number of aromatic amines is 1. The van der Waals surface area contributed by atoms with Crippen molar-refractivity contribution in [3.8, 4) is 0 Å². The fourth-order valence-electron chi connectivity index (χ4n) is 3.22. The smallest absolute Gasteiger partial charge is 0.277 e. The van der Waals surface area contributed by atoms with Gasteiger partial charge < -0.3 is 5.32 Å². The number of rotatable bonds is 5. The lowest BCUT2D eigenvalue weighted by Gasteiger charge is -2.06. The van der Waals surface area contributed by atoms with Gasteiger partial charge in [-0.1, -0.05) is 36.4 Å². The van der Waals surface area contributed by atoms with Crippen LogP contribution in [0.25, 0.3) is 5.78 Å². The topological polar surface area (TPSA) is 75.1 Å². The third-order valence-corrected chi connectivity index (χ3v) is 5.03. The summed E-state index contributed by atoms with van der Waals surface area (Å²) in [5.74, 6) is 1.07. The number of nitrogens with one attached hydrogen (secondary N) is 2. The summed E-state index contributed by atoms with van der Waals surface area (Å²) < 4.78 is 1.43. The fourth-order valence-corrected chi connectivity index (χ4v) is 3.22. The molecular formula is C22H23N5O. The molecule has 2 N–H and O–H groups in total. The molecule has 0 fully saturated rings. The van der Waals surface area contributed by atoms with Crippen molar-refractivity contribution in [2.24, 2.45) is 0 Å². The van der Waals surface area contributed by atoms with Crippen LogP contribution in [-0.2, 0) is 13.0 Å². The zero-order valence-electron chi connectivity index (χ0n) is 16.3. The van der Waals surface area contributed by atoms with E-state index in [9.17, 15) is 4.79 Å². The monoisotopic (exact) mass is 373 g/mol. The van der Waals surface area contributed by atoms with Crippen LogP contribution in [0.15, 0.2) is 53.3 Å². The van der Waals surface area contributed by atoms with Gasteiger partial charge in [-0.2, -0.15) is 9.50 Å². The highest BCUT2D eigenvalue weighted by atomic mass is 16.1. The second-order valence-electron chi connectivity index (χ2n) is 7.10. The van der Waals surface area contributed by atoms with E-state index < -0.39 is 0 Å². The Balaban J connectivity index is 1.61. The Morgan fingerprint density at radius 2 is 1.79 bits per heavy atom. The molecule has 2 aromatic carbocycles. The van der Waals surface area contributed by atoms with Crippen LogP contribution in [0.2, 0.25) is 0 Å². The Hall–Kier alpha value is -3.41. The standard InChI is InChI=1S/C22H23N5O/c1-14-9-10-18(11-15(14)2)23-13-20-25-22-24-16(3)19(21(28)27(22)26-20)12-17-7-5-4-6-8-17/h4-11,23H,12-13H2,1-3H3,(H,24,25,26). The molecule has 0 aliphatic carbocycles. The third-order valence-electron chi connectivity index (χ3n) is 5.03. The largest absolute Gasteiger partial charge is 0.378 e. The van der Waals surface area contributed by atoms with Crippen LogP contribution in [0.5, 0.6) is 0 Å². The Bertz CT molecular complexity index is 1190. The van der Waals surface area contributed by atoms with Crippen molar-refractivity contribution in [3.63, 3.8) is 0 Å². The van der Waals surface area contributed by atoms with Crippen molar-refractivity contribution < 1.29 is 0 Å². The van der Waals surface area contributed by atoms with Gasteiger partial charge in [0.1, 0.15) is 5.82 Å². The zero-order chi connectivity index (χ0) is 19.7. The normalized spacial score (nSPS) is 11.1. The highest BCUT2D eigenvalue weighted by Gasteiger charge is 2.13. The van der Waals surface area contributed by atoms with Gasteiger partial charge in [0.05, 0.1) is 12.2 Å². The maximum Gasteiger partial charge on any atom is 0.277 e. The molecule has 0 radical (unpaired) electrons. The minimum Gasteiger partial charge on any atom is -0.378 e. The molecule has 2 aromatic heterocycles. The van der Waals surface area contributed by atoms with Gasteiger partial charge in [0, 0.05) is 17.7 Å². The van der Waals surface area contributed by atoms with Crippen LogP contribution in [0.3, 0.4) is 0 Å². The number of anilines is 1. The molecule has 0 aliphatic heterocycles. The van der Waals surface area contributed by atoms with E-state index in [0.29, 0.717) is 35.8 Å². The number of H-pyrrole nitrogens is 1. The second kappa shape index (κ2) is 7.31. The van der Waals surface area contributed by atoms with Crippen LogP contribution >= 0.6 is 0 Å². The fraction of sp³-hybridized carbons (Fsp3) is 0.227. The summed E-state index contributed by atoms with van der Waals surface area (Å²) in [5, 5.41) is 6.42. The maximum atomic E-state index is 13.0. The predicted octanol–water partition coefficient (Wildman–Crippen LogP) is 3.55. The number of aryl methyl sites for hydroxylation is 3. The van der Waals surface area contributed by atoms with Crippen molar-refractivity contribution in [2.45, 2.75) is 33.7 Å². The molecule has 142 valence electrons. The first-order valence-corrected chi connectivity index (χ1v) is 9.33. The van der Waals surface area contributed by atoms with Gasteiger partial charge in [-0.25, -0.2) is 4.98 Å². The Morgan fingerprint density at radius 3 is 2.54 bits per heavy atom. The van der Waals surface area contributed by atoms with E-state index in [1.165, 1.54) is 15.6 Å². The number of aromatic nitrogens is 4. The zero-order valence-corrected chi connectivity index (χ0v) is 16.3. The van der Waals surface area contributed by atoms with Crippen molar-refractivity contribution in [1.82, 2.24) is 19.6 Å². The van der Waals surface area contributed by atoms with E-state index in [4.69, 9.17) is 0 Å². The molecule has 0 saturated carbocycles. The van der Waals surface area contributed by atoms with Gasteiger partial charge in [-0.3, -0.25) is 9.89 Å². The van der Waals surface area contributed by atoms with E-state index in [1.54, 1.807) is 0 Å². The van der Waals surface area contributed by atoms with E-state index in [1.807, 2.05) is 43.3 Å². The maximum absolute atomic E-state index is 13.0. The van der Waals surface area contributed by atoms with E-state index in [-0.39, 0.29) is 5.56 Å². The molecule has 0 bridgehead atoms. The number of hydrogen-bond acceptors (Lipinski definition) is 4. The van der Waals surface area contributed by atoms with Crippen molar-refractivity contribution >= 4 is 11.5 Å². The number of fused-ring (bicyclic) bond motifs is 1. The summed E-state index contributed by atoms with van der Waals surface area (Å²) in [6.45, 7) is 6.52. The summed E-state index contributed by atoms with van der Waals surface area (Å²) in [4.78, 5) is 22.0. The first kappa shape index (κ1) is 18.0. The van der Waals surface area contributed by atoms with Gasteiger partial charge in [0.15, 0.2) is 0 Å². The van der Waals surface area contributed by atoms with Gasteiger partial charge >= 0.3 is 0 Å². The third kappa shape index (κ3) is 3.53. The molecule has 0 spiro atoms. The molecular weight excluding hydrogens is 350 g/mol. The molecule has 4 rings (SSSR count). The van der Waals surface area contributed by atoms with E-state index >= 15 is 0 Å². The average Bonchev–Trinajstić information content (AvgIpc) is 3.10. The molecule has 0 saturated heterocycles. The average molecular weight is 373 g/mol. The van der Waals surface area contributed by atoms with Crippen molar-refractivity contribution in [2.75, 3.05) is 5.32 Å². The van der Waals surface area contributed by atoms with E-state index in [2.05, 4.69) is 46.4 Å². The highest BCUT2D eigenvalue weighted by molar-refractivity contribution is 5.48. The van der Waals surface area contributed by atoms with Gasteiger partial charge in [-0.15, -0.1) is 0 Å². The number of nitrogens with zero attached hydrogens (tertiary/aromatic N) is 3. The SMILES string of the molecule is Cc1ccc(NCc2nc3nc(C)c(Cc4ccccc4)c(=O)n3[nH]2)cc1C. The van der Waals surface area contributed by atoms with Gasteiger partial charge in [0.2, 0.25) is 0 Å². The molecule has 6 nitrogen and oxygen atoms in total. The molecule has 0 unspecified atom stereocenters. The Kier molecular flexibility index (Phi) is 4.69. The first-order valence-electron chi connectivity index (χ1n) is 9.33. The summed E-state index contributed by atoms with van der Waals surface area (Å²) in [5.41, 5.74) is 5.89. The lowest BCUT2D eigenvalue weighted by Crippen LogP contribution is -2.22. The van der Waals surface area contributed by atoms with Crippen molar-refractivity contribution in [1.29, 1.82) is 0 Å². The Labute approximate surface area is 163 Å². The second-order valence-corrected chi connectivity index (χ2v) is 7.10. The molecule has 0 amide bonds. The van der Waals surface area contributed by atoms with Gasteiger partial charge in [-0.05, 0) is 49.6 Å². The predicted molar refractivity (Wildman–Crippen MR) is 111 cm³/mol. The Morgan fingerprint density at radius 1 is 1.00 bits per heavy atom. The molecule has 28 heavy (non-hydrogen) atoms. The number of benzene rings is 2. The quantitative estimate of drug-likeness (QED) is 0.561. The molecule has 2 heterocycles. The minimum absolute atomic E-state index is 0.101. The summed E-state index contributed by atoms with van der Waals surface area (Å²) in [6.07, 6.45) is 0.552. The van der Waals surface area contributed by atoms with Crippen LogP contribution in [0.4, 0.5) is 5.69 Å². The minimum atomic E-state index is -0.101. The molecule has 0 atom stereocenters. The van der Waals surface area contributed by atoms with E-state index in [0.717, 1.165) is 11.3 Å². The highest BCUT2D eigenvalue weighted by Crippen LogP contribution is 2.15. The van der Waals surface area contributed by atoms with Gasteiger partial charge in [0.25, 0.3) is 11.3 Å². The van der Waals surface area contributed by atoms with Crippen molar-refractivity contribution in [3.05, 3.63) is 92.7 Å². The summed E-state index contributed by atoms with van der Waals surface area (Å²) >= 11 is 0. The lowest BCUT2D eigenvalue weighted by atomic mass is 10.1.